The number of rotatable bonds is 3. The van der Waals surface area contributed by atoms with E-state index in [9.17, 15) is 0 Å². The summed E-state index contributed by atoms with van der Waals surface area (Å²) >= 11 is 5.99. The van der Waals surface area contributed by atoms with E-state index in [0.29, 0.717) is 29.8 Å². The van der Waals surface area contributed by atoms with Gasteiger partial charge in [0.1, 0.15) is 0 Å². The number of amidine groups is 1. The zero-order valence-corrected chi connectivity index (χ0v) is 11.6. The lowest BCUT2D eigenvalue weighted by Gasteiger charge is -2.38. The Morgan fingerprint density at radius 1 is 1.63 bits per heavy atom. The molecular weight excluding hydrogens is 266 g/mol. The normalized spacial score (nSPS) is 20.6. The number of benzene rings is 1. The van der Waals surface area contributed by atoms with Crippen LogP contribution in [0, 0.1) is 0 Å². The number of hydrogen-bond donors (Lipinski definition) is 2. The van der Waals surface area contributed by atoms with E-state index < -0.39 is 0 Å². The Morgan fingerprint density at radius 3 is 3.11 bits per heavy atom. The molecule has 1 unspecified atom stereocenters. The minimum absolute atomic E-state index is 0.0684. The van der Waals surface area contributed by atoms with Gasteiger partial charge < -0.3 is 20.6 Å². The van der Waals surface area contributed by atoms with E-state index in [2.05, 4.69) is 17.0 Å². The van der Waals surface area contributed by atoms with Crippen molar-refractivity contribution in [3.63, 3.8) is 0 Å². The van der Waals surface area contributed by atoms with Crippen LogP contribution in [-0.4, -0.2) is 36.8 Å². The number of anilines is 1. The van der Waals surface area contributed by atoms with Crippen LogP contribution in [0.5, 0.6) is 0 Å². The second kappa shape index (κ2) is 6.12. The summed E-state index contributed by atoms with van der Waals surface area (Å²) in [4.78, 5) is 2.23. The van der Waals surface area contributed by atoms with Crippen molar-refractivity contribution in [3.05, 3.63) is 28.8 Å². The van der Waals surface area contributed by atoms with E-state index in [0.717, 1.165) is 18.7 Å². The molecular formula is C13H18ClN3O2. The highest BCUT2D eigenvalue weighted by atomic mass is 35.5. The molecule has 1 heterocycles. The Labute approximate surface area is 117 Å². The van der Waals surface area contributed by atoms with Crippen LogP contribution in [-0.2, 0) is 4.74 Å². The van der Waals surface area contributed by atoms with Gasteiger partial charge in [-0.2, -0.15) is 0 Å². The lowest BCUT2D eigenvalue weighted by atomic mass is 10.1. The first-order valence-electron chi connectivity index (χ1n) is 6.29. The number of morpholine rings is 1. The van der Waals surface area contributed by atoms with Gasteiger partial charge in [0.25, 0.3) is 0 Å². The summed E-state index contributed by atoms with van der Waals surface area (Å²) in [5.74, 6) is 0.0684. The topological polar surface area (TPSA) is 71.1 Å². The monoisotopic (exact) mass is 283 g/mol. The fourth-order valence-corrected chi connectivity index (χ4v) is 2.50. The molecule has 0 aromatic heterocycles. The molecule has 0 bridgehead atoms. The average Bonchev–Trinajstić information content (AvgIpc) is 2.46. The molecule has 0 spiro atoms. The molecule has 1 saturated heterocycles. The van der Waals surface area contributed by atoms with Crippen LogP contribution in [0.3, 0.4) is 0 Å². The molecule has 5 nitrogen and oxygen atoms in total. The largest absolute Gasteiger partial charge is 0.409 e. The third kappa shape index (κ3) is 2.93. The molecule has 6 heteroatoms. The molecule has 1 aromatic carbocycles. The van der Waals surface area contributed by atoms with Gasteiger partial charge >= 0.3 is 0 Å². The second-order valence-electron chi connectivity index (χ2n) is 4.48. The number of hydrogen-bond acceptors (Lipinski definition) is 4. The SMILES string of the molecule is CCC1COCCN1c1ccc(Cl)cc1/C(N)=N/O. The molecule has 1 aromatic rings. The van der Waals surface area contributed by atoms with Gasteiger partial charge in [-0.3, -0.25) is 0 Å². The fraction of sp³-hybridized carbons (Fsp3) is 0.462. The van der Waals surface area contributed by atoms with E-state index in [1.54, 1.807) is 6.07 Å². The molecule has 0 amide bonds. The minimum atomic E-state index is 0.0684. The number of oxime groups is 1. The number of nitrogens with zero attached hydrogens (tertiary/aromatic N) is 2. The maximum absolute atomic E-state index is 8.90. The number of ether oxygens (including phenoxy) is 1. The molecule has 1 fully saturated rings. The van der Waals surface area contributed by atoms with Gasteiger partial charge in [-0.05, 0) is 24.6 Å². The third-order valence-corrected chi connectivity index (χ3v) is 3.59. The van der Waals surface area contributed by atoms with E-state index in [4.69, 9.17) is 27.3 Å². The van der Waals surface area contributed by atoms with Crippen molar-refractivity contribution >= 4 is 23.1 Å². The number of halogens is 1. The maximum atomic E-state index is 8.90. The van der Waals surface area contributed by atoms with Crippen LogP contribution in [0.4, 0.5) is 5.69 Å². The lowest BCUT2D eigenvalue weighted by molar-refractivity contribution is 0.0930. The quantitative estimate of drug-likeness (QED) is 0.385. The van der Waals surface area contributed by atoms with Gasteiger partial charge in [-0.15, -0.1) is 0 Å². The summed E-state index contributed by atoms with van der Waals surface area (Å²) in [6, 6.07) is 5.73. The van der Waals surface area contributed by atoms with E-state index >= 15 is 0 Å². The van der Waals surface area contributed by atoms with Crippen molar-refractivity contribution in [1.82, 2.24) is 0 Å². The molecule has 1 atom stereocenters. The molecule has 0 radical (unpaired) electrons. The van der Waals surface area contributed by atoms with Crippen molar-refractivity contribution in [2.24, 2.45) is 10.9 Å². The second-order valence-corrected chi connectivity index (χ2v) is 4.91. The highest BCUT2D eigenvalue weighted by molar-refractivity contribution is 6.31. The molecule has 1 aliphatic rings. The zero-order valence-electron chi connectivity index (χ0n) is 10.8. The Bertz CT molecular complexity index is 479. The summed E-state index contributed by atoms with van der Waals surface area (Å²) in [6.45, 7) is 4.26. The van der Waals surface area contributed by atoms with E-state index in [-0.39, 0.29) is 5.84 Å². The lowest BCUT2D eigenvalue weighted by Crippen LogP contribution is -2.46. The van der Waals surface area contributed by atoms with Crippen LogP contribution in [0.15, 0.2) is 23.4 Å². The first kappa shape index (κ1) is 14.0. The highest BCUT2D eigenvalue weighted by Gasteiger charge is 2.24. The maximum Gasteiger partial charge on any atom is 0.172 e. The zero-order chi connectivity index (χ0) is 13.8. The minimum Gasteiger partial charge on any atom is -0.409 e. The highest BCUT2D eigenvalue weighted by Crippen LogP contribution is 2.28. The summed E-state index contributed by atoms with van der Waals surface area (Å²) < 4.78 is 5.50. The van der Waals surface area contributed by atoms with Crippen molar-refractivity contribution < 1.29 is 9.94 Å². The van der Waals surface area contributed by atoms with Crippen molar-refractivity contribution in [3.8, 4) is 0 Å². The molecule has 0 aliphatic carbocycles. The summed E-state index contributed by atoms with van der Waals surface area (Å²) in [6.07, 6.45) is 0.970. The fourth-order valence-electron chi connectivity index (χ4n) is 2.33. The Kier molecular flexibility index (Phi) is 4.50. The molecule has 3 N–H and O–H groups in total. The van der Waals surface area contributed by atoms with Crippen LogP contribution >= 0.6 is 11.6 Å². The predicted molar refractivity (Wildman–Crippen MR) is 76.2 cm³/mol. The van der Waals surface area contributed by atoms with Crippen LogP contribution in [0.2, 0.25) is 5.02 Å². The van der Waals surface area contributed by atoms with E-state index in [1.807, 2.05) is 12.1 Å². The smallest absolute Gasteiger partial charge is 0.172 e. The van der Waals surface area contributed by atoms with Crippen molar-refractivity contribution in [2.75, 3.05) is 24.7 Å². The first-order chi connectivity index (χ1) is 9.17. The van der Waals surface area contributed by atoms with Crippen LogP contribution in [0.25, 0.3) is 0 Å². The predicted octanol–water partition coefficient (Wildman–Crippen LogP) is 2.05. The van der Waals surface area contributed by atoms with Gasteiger partial charge in [0.05, 0.1) is 19.3 Å². The molecule has 0 saturated carbocycles. The third-order valence-electron chi connectivity index (χ3n) is 3.35. The summed E-state index contributed by atoms with van der Waals surface area (Å²) in [5, 5.41) is 12.5. The van der Waals surface area contributed by atoms with Gasteiger partial charge in [0, 0.05) is 22.8 Å². The van der Waals surface area contributed by atoms with Gasteiger partial charge in [-0.1, -0.05) is 23.7 Å². The Morgan fingerprint density at radius 2 is 2.42 bits per heavy atom. The Balaban J connectivity index is 2.42. The van der Waals surface area contributed by atoms with Crippen molar-refractivity contribution in [2.45, 2.75) is 19.4 Å². The van der Waals surface area contributed by atoms with Gasteiger partial charge in [0.15, 0.2) is 5.84 Å². The standard InChI is InChI=1S/C13H18ClN3O2/c1-2-10-8-19-6-5-17(10)12-4-3-9(14)7-11(12)13(15)16-18/h3-4,7,10,18H,2,5-6,8H2,1H3,(H2,15,16). The van der Waals surface area contributed by atoms with E-state index in [1.165, 1.54) is 0 Å². The Hall–Kier alpha value is -1.46. The number of nitrogens with two attached hydrogens (primary N) is 1. The van der Waals surface area contributed by atoms with Gasteiger partial charge in [-0.25, -0.2) is 0 Å². The van der Waals surface area contributed by atoms with Crippen LogP contribution in [0.1, 0.15) is 18.9 Å². The first-order valence-corrected chi connectivity index (χ1v) is 6.67. The summed E-state index contributed by atoms with van der Waals surface area (Å²) in [7, 11) is 0. The summed E-state index contributed by atoms with van der Waals surface area (Å²) in [5.41, 5.74) is 7.32. The average molecular weight is 284 g/mol. The van der Waals surface area contributed by atoms with Crippen LogP contribution < -0.4 is 10.6 Å². The van der Waals surface area contributed by atoms with Crippen molar-refractivity contribution in [1.29, 1.82) is 0 Å². The van der Waals surface area contributed by atoms with Gasteiger partial charge in [0.2, 0.25) is 0 Å². The molecule has 1 aliphatic heterocycles. The molecule has 2 rings (SSSR count). The molecule has 19 heavy (non-hydrogen) atoms. The molecule has 104 valence electrons.